The van der Waals surface area contributed by atoms with Crippen LogP contribution in [0.2, 0.25) is 0 Å². The molecule has 0 saturated heterocycles. The van der Waals surface area contributed by atoms with Crippen molar-refractivity contribution in [2.24, 2.45) is 0 Å². The predicted octanol–water partition coefficient (Wildman–Crippen LogP) is 2.31. The Bertz CT molecular complexity index is 30.7. The Balaban J connectivity index is -0.00000000333. The van der Waals surface area contributed by atoms with Crippen molar-refractivity contribution in [2.45, 2.75) is 29.7 Å². The summed E-state index contributed by atoms with van der Waals surface area (Å²) in [6, 6.07) is 0. The minimum absolute atomic E-state index is 0. The number of hydrogen-bond acceptors (Lipinski definition) is 2. The predicted molar refractivity (Wildman–Crippen MR) is 28.3 cm³/mol. The van der Waals surface area contributed by atoms with Crippen LogP contribution in [0, 0.1) is 27.8 Å². The van der Waals surface area contributed by atoms with Crippen LogP contribution in [0.3, 0.4) is 0 Å². The third-order valence-electron chi connectivity index (χ3n) is 0. The summed E-state index contributed by atoms with van der Waals surface area (Å²) in [4.78, 5) is 0. The molecule has 0 aromatic rings. The van der Waals surface area contributed by atoms with Crippen LogP contribution in [-0.2, 0) is 4.47 Å². The molecule has 0 aromatic carbocycles. The second kappa shape index (κ2) is 77.9. The molecule has 0 N–H and O–H groups in total. The molecule has 48 valence electrons. The van der Waals surface area contributed by atoms with Crippen molar-refractivity contribution in [1.82, 2.24) is 0 Å². The fourth-order valence-corrected chi connectivity index (χ4v) is 0. The van der Waals surface area contributed by atoms with Gasteiger partial charge >= 0.3 is 32.3 Å². The molecule has 0 aliphatic rings. The molecule has 0 rings (SSSR count). The fraction of sp³-hybridized carbons (Fsp3) is 1.00. The van der Waals surface area contributed by atoms with E-state index in [4.69, 9.17) is 4.47 Å². The van der Waals surface area contributed by atoms with Crippen LogP contribution in [0.25, 0.3) is 0 Å². The Morgan fingerprint density at radius 2 is 0.714 bits per heavy atom. The Morgan fingerprint density at radius 3 is 0.714 bits per heavy atom. The molecule has 2 nitrogen and oxygen atoms in total. The molecule has 0 aliphatic heterocycles. The van der Waals surface area contributed by atoms with Gasteiger partial charge < -0.3 is 0 Å². The second-order valence-corrected chi connectivity index (χ2v) is 0.777. The third-order valence-corrected chi connectivity index (χ3v) is 0. The van der Waals surface area contributed by atoms with Crippen LogP contribution in [0.5, 0.6) is 0 Å². The minimum atomic E-state index is -2.51. The normalized spacial score (nSPS) is 1.14. The van der Waals surface area contributed by atoms with Crippen molar-refractivity contribution in [3.05, 3.63) is 0 Å². The van der Waals surface area contributed by atoms with Crippen molar-refractivity contribution in [1.29, 1.82) is 0 Å². The van der Waals surface area contributed by atoms with E-state index in [2.05, 4.69) is 0 Å². The molecule has 0 atom stereocenters. The van der Waals surface area contributed by atoms with Gasteiger partial charge in [-0.3, -0.25) is 0 Å². The van der Waals surface area contributed by atoms with Crippen LogP contribution in [0.4, 0.5) is 0 Å². The molecule has 3 heteroatoms. The Labute approximate surface area is 61.9 Å². The second-order valence-electron chi connectivity index (χ2n) is 0.0833. The summed E-state index contributed by atoms with van der Waals surface area (Å²) in [6.45, 7) is 0. The van der Waals surface area contributed by atoms with Gasteiger partial charge in [-0.2, -0.15) is 0 Å². The van der Waals surface area contributed by atoms with Crippen LogP contribution in [0.1, 0.15) is 29.7 Å². The number of rotatable bonds is 0. The fourth-order valence-electron chi connectivity index (χ4n) is 0. The van der Waals surface area contributed by atoms with E-state index in [1.54, 1.807) is 0 Å². The van der Waals surface area contributed by atoms with Gasteiger partial charge in [0.25, 0.3) is 0 Å². The van der Waals surface area contributed by atoms with Crippen molar-refractivity contribution >= 4 is 0 Å². The Hall–Kier alpha value is 0.652. The average molecular weight is 334 g/mol. The van der Waals surface area contributed by atoms with Crippen molar-refractivity contribution in [3.8, 4) is 0 Å². The SMILES string of the molecule is C.C.C.C.[O]=[U]=[O]. The van der Waals surface area contributed by atoms with E-state index in [0.717, 1.165) is 0 Å². The van der Waals surface area contributed by atoms with E-state index in [1.807, 2.05) is 0 Å². The quantitative estimate of drug-likeness (QED) is 0.681. The van der Waals surface area contributed by atoms with Crippen molar-refractivity contribution in [3.63, 3.8) is 0 Å². The summed E-state index contributed by atoms with van der Waals surface area (Å²) >= 11 is -2.51. The Kier molecular flexibility index (Phi) is 536. The van der Waals surface area contributed by atoms with Crippen molar-refractivity contribution < 1.29 is 32.3 Å². The van der Waals surface area contributed by atoms with Crippen LogP contribution in [-0.4, -0.2) is 0 Å². The summed E-state index contributed by atoms with van der Waals surface area (Å²) in [5.41, 5.74) is 0. The monoisotopic (exact) mass is 334 g/mol. The van der Waals surface area contributed by atoms with E-state index in [9.17, 15) is 0 Å². The van der Waals surface area contributed by atoms with Gasteiger partial charge in [0, 0.05) is 0 Å². The summed E-state index contributed by atoms with van der Waals surface area (Å²) in [7, 11) is 0. The van der Waals surface area contributed by atoms with Crippen LogP contribution < -0.4 is 0 Å². The first-order valence-electron chi connectivity index (χ1n) is 0.408. The van der Waals surface area contributed by atoms with E-state index in [1.165, 1.54) is 0 Å². The topological polar surface area (TPSA) is 34.1 Å². The molecular formula is C4H16O2U. The zero-order valence-corrected chi connectivity index (χ0v) is 5.48. The first-order chi connectivity index (χ1) is 1.41. The molecule has 7 heavy (non-hydrogen) atoms. The van der Waals surface area contributed by atoms with Gasteiger partial charge in [-0.25, -0.2) is 0 Å². The van der Waals surface area contributed by atoms with E-state index >= 15 is 0 Å². The van der Waals surface area contributed by atoms with Gasteiger partial charge in [0.15, 0.2) is 0 Å². The summed E-state index contributed by atoms with van der Waals surface area (Å²) in [5.74, 6) is 0. The van der Waals surface area contributed by atoms with E-state index in [-0.39, 0.29) is 29.7 Å². The van der Waals surface area contributed by atoms with Gasteiger partial charge in [-0.1, -0.05) is 29.7 Å². The molecule has 0 radical (unpaired) electrons. The molecule has 0 amide bonds. The summed E-state index contributed by atoms with van der Waals surface area (Å²) < 4.78 is 17.2. The summed E-state index contributed by atoms with van der Waals surface area (Å²) in [5, 5.41) is 0. The molecule has 0 saturated carbocycles. The molecule has 0 spiro atoms. The van der Waals surface area contributed by atoms with Gasteiger partial charge in [-0.05, 0) is 0 Å². The van der Waals surface area contributed by atoms with Gasteiger partial charge in [-0.15, -0.1) is 0 Å². The zero-order chi connectivity index (χ0) is 2.71. The average Bonchev–Trinajstić information content (AvgIpc) is 0.918. The van der Waals surface area contributed by atoms with E-state index in [0.29, 0.717) is 0 Å². The molecule has 0 fully saturated rings. The van der Waals surface area contributed by atoms with Crippen LogP contribution in [0.15, 0.2) is 0 Å². The first-order valence-corrected chi connectivity index (χ1v) is 3.81. The molecule has 0 aromatic heterocycles. The molecular weight excluding hydrogens is 318 g/mol. The van der Waals surface area contributed by atoms with E-state index < -0.39 is 27.8 Å². The first kappa shape index (κ1) is 48.1. The maximum absolute atomic E-state index is 8.58. The van der Waals surface area contributed by atoms with Gasteiger partial charge in [0.2, 0.25) is 0 Å². The Morgan fingerprint density at radius 1 is 0.714 bits per heavy atom. The van der Waals surface area contributed by atoms with Gasteiger partial charge in [0.05, 0.1) is 0 Å². The van der Waals surface area contributed by atoms with Crippen molar-refractivity contribution in [2.75, 3.05) is 0 Å². The van der Waals surface area contributed by atoms with Crippen LogP contribution >= 0.6 is 0 Å². The standard InChI is InChI=1S/4CH4.2O.U/h4*1H4;;;. The molecule has 0 heterocycles. The molecule has 0 bridgehead atoms. The number of hydrogen-bond donors (Lipinski definition) is 0. The van der Waals surface area contributed by atoms with Gasteiger partial charge in [0.1, 0.15) is 0 Å². The molecule has 0 unspecified atom stereocenters. The molecule has 0 aliphatic carbocycles. The zero-order valence-electron chi connectivity index (χ0n) is 1.32. The third kappa shape index (κ3) is 339. The summed E-state index contributed by atoms with van der Waals surface area (Å²) in [6.07, 6.45) is 0. The maximum atomic E-state index is 8.58.